The zero-order valence-corrected chi connectivity index (χ0v) is 16.9. The highest BCUT2D eigenvalue weighted by molar-refractivity contribution is 5.96. The maximum atomic E-state index is 12.3. The van der Waals surface area contributed by atoms with Crippen LogP contribution in [0.5, 0.6) is 0 Å². The summed E-state index contributed by atoms with van der Waals surface area (Å²) in [5.41, 5.74) is 1.99. The van der Waals surface area contributed by atoms with E-state index in [1.807, 2.05) is 43.9 Å². The molecular weight excluding hydrogens is 356 g/mol. The number of fused-ring (bicyclic) bond motifs is 1. The van der Waals surface area contributed by atoms with Gasteiger partial charge in [-0.05, 0) is 71.1 Å². The van der Waals surface area contributed by atoms with Gasteiger partial charge in [-0.1, -0.05) is 0 Å². The number of aromatic nitrogens is 1. The fourth-order valence-corrected chi connectivity index (χ4v) is 4.16. The molecule has 1 aromatic heterocycles. The van der Waals surface area contributed by atoms with Gasteiger partial charge in [-0.2, -0.15) is 0 Å². The molecule has 0 N–H and O–H groups in total. The van der Waals surface area contributed by atoms with Crippen molar-refractivity contribution in [1.29, 1.82) is 0 Å². The molecule has 0 bridgehead atoms. The minimum atomic E-state index is -0.442. The molecule has 6 heteroatoms. The van der Waals surface area contributed by atoms with E-state index in [1.165, 1.54) is 0 Å². The van der Waals surface area contributed by atoms with Crippen LogP contribution in [0.15, 0.2) is 22.6 Å². The first-order valence-corrected chi connectivity index (χ1v) is 10.2. The Morgan fingerprint density at radius 2 is 1.96 bits per heavy atom. The summed E-state index contributed by atoms with van der Waals surface area (Å²) in [5, 5.41) is 0. The number of nitrogens with zero attached hydrogens (tertiary/aromatic N) is 2. The SMILES string of the molecule is CC(C)(C)OC(=O)C1CCC(c2nc3cc(N4CCCC4=O)ccc3o2)CC1. The third kappa shape index (κ3) is 3.91. The number of ether oxygens (including phenoxy) is 1. The molecule has 2 aromatic rings. The lowest BCUT2D eigenvalue weighted by Gasteiger charge is -2.28. The van der Waals surface area contributed by atoms with Gasteiger partial charge in [-0.25, -0.2) is 4.98 Å². The van der Waals surface area contributed by atoms with E-state index in [9.17, 15) is 9.59 Å². The Bertz CT molecular complexity index is 888. The molecule has 150 valence electrons. The van der Waals surface area contributed by atoms with E-state index in [0.29, 0.717) is 6.42 Å². The van der Waals surface area contributed by atoms with Crippen molar-refractivity contribution in [1.82, 2.24) is 4.98 Å². The van der Waals surface area contributed by atoms with Gasteiger partial charge < -0.3 is 14.1 Å². The third-order valence-electron chi connectivity index (χ3n) is 5.59. The summed E-state index contributed by atoms with van der Waals surface area (Å²) in [4.78, 5) is 30.8. The number of carbonyl (C=O) groups is 2. The van der Waals surface area contributed by atoms with E-state index in [0.717, 1.165) is 61.3 Å². The average Bonchev–Trinajstić information content (AvgIpc) is 3.25. The smallest absolute Gasteiger partial charge is 0.309 e. The van der Waals surface area contributed by atoms with Crippen molar-refractivity contribution in [3.63, 3.8) is 0 Å². The second-order valence-corrected chi connectivity index (χ2v) is 8.94. The number of rotatable bonds is 3. The van der Waals surface area contributed by atoms with Gasteiger partial charge in [0.25, 0.3) is 0 Å². The number of hydrogen-bond acceptors (Lipinski definition) is 5. The van der Waals surface area contributed by atoms with E-state index >= 15 is 0 Å². The predicted molar refractivity (Wildman–Crippen MR) is 106 cm³/mol. The van der Waals surface area contributed by atoms with Crippen LogP contribution in [0.2, 0.25) is 0 Å². The first-order valence-electron chi connectivity index (χ1n) is 10.2. The normalized spacial score (nSPS) is 23.4. The Labute approximate surface area is 165 Å². The number of amides is 1. The van der Waals surface area contributed by atoms with Crippen LogP contribution in [0.3, 0.4) is 0 Å². The Hall–Kier alpha value is -2.37. The molecule has 0 spiro atoms. The number of oxazole rings is 1. The van der Waals surface area contributed by atoms with Crippen LogP contribution in [0.1, 0.15) is 71.1 Å². The largest absolute Gasteiger partial charge is 0.460 e. The lowest BCUT2D eigenvalue weighted by atomic mass is 9.82. The molecule has 0 unspecified atom stereocenters. The molecule has 1 aliphatic carbocycles. The highest BCUT2D eigenvalue weighted by Gasteiger charge is 2.32. The Morgan fingerprint density at radius 3 is 2.61 bits per heavy atom. The molecule has 0 radical (unpaired) electrons. The first kappa shape index (κ1) is 19.0. The van der Waals surface area contributed by atoms with Crippen LogP contribution in [-0.2, 0) is 14.3 Å². The fraction of sp³-hybridized carbons (Fsp3) is 0.591. The summed E-state index contributed by atoms with van der Waals surface area (Å²) in [5.74, 6) is 1.00. The minimum absolute atomic E-state index is 0.0346. The summed E-state index contributed by atoms with van der Waals surface area (Å²) in [6, 6.07) is 5.77. The number of hydrogen-bond donors (Lipinski definition) is 0. The molecule has 4 rings (SSSR count). The Morgan fingerprint density at radius 1 is 1.21 bits per heavy atom. The van der Waals surface area contributed by atoms with Gasteiger partial charge >= 0.3 is 5.97 Å². The van der Waals surface area contributed by atoms with Crippen molar-refractivity contribution in [2.45, 2.75) is 70.8 Å². The van der Waals surface area contributed by atoms with E-state index in [2.05, 4.69) is 0 Å². The summed E-state index contributed by atoms with van der Waals surface area (Å²) in [6.45, 7) is 6.47. The van der Waals surface area contributed by atoms with Gasteiger partial charge in [0.15, 0.2) is 11.5 Å². The quantitative estimate of drug-likeness (QED) is 0.725. The lowest BCUT2D eigenvalue weighted by molar-refractivity contribution is -0.161. The summed E-state index contributed by atoms with van der Waals surface area (Å²) in [7, 11) is 0. The number of carbonyl (C=O) groups excluding carboxylic acids is 2. The van der Waals surface area contributed by atoms with E-state index in [1.54, 1.807) is 0 Å². The zero-order valence-electron chi connectivity index (χ0n) is 16.9. The number of anilines is 1. The molecule has 2 heterocycles. The van der Waals surface area contributed by atoms with Gasteiger partial charge in [-0.15, -0.1) is 0 Å². The fourth-order valence-electron chi connectivity index (χ4n) is 4.16. The zero-order chi connectivity index (χ0) is 19.9. The molecule has 1 saturated carbocycles. The van der Waals surface area contributed by atoms with Gasteiger partial charge in [-0.3, -0.25) is 9.59 Å². The van der Waals surface area contributed by atoms with Crippen molar-refractivity contribution in [3.8, 4) is 0 Å². The van der Waals surface area contributed by atoms with Crippen LogP contribution < -0.4 is 4.90 Å². The highest BCUT2D eigenvalue weighted by atomic mass is 16.6. The van der Waals surface area contributed by atoms with Crippen LogP contribution in [0.25, 0.3) is 11.1 Å². The van der Waals surface area contributed by atoms with Gasteiger partial charge in [0.1, 0.15) is 11.1 Å². The van der Waals surface area contributed by atoms with Crippen molar-refractivity contribution < 1.29 is 18.7 Å². The molecular formula is C22H28N2O4. The molecule has 1 aliphatic heterocycles. The number of esters is 1. The molecule has 1 aromatic carbocycles. The summed E-state index contributed by atoms with van der Waals surface area (Å²) < 4.78 is 11.5. The van der Waals surface area contributed by atoms with Crippen LogP contribution in [0, 0.1) is 5.92 Å². The average molecular weight is 384 g/mol. The molecule has 1 amide bonds. The van der Waals surface area contributed by atoms with Crippen LogP contribution >= 0.6 is 0 Å². The minimum Gasteiger partial charge on any atom is -0.460 e. The molecule has 0 atom stereocenters. The topological polar surface area (TPSA) is 72.6 Å². The van der Waals surface area contributed by atoms with Gasteiger partial charge in [0, 0.05) is 24.6 Å². The van der Waals surface area contributed by atoms with Crippen LogP contribution in [-0.4, -0.2) is 29.0 Å². The molecule has 2 aliphatic rings. The van der Waals surface area contributed by atoms with Gasteiger partial charge in [0.05, 0.1) is 5.92 Å². The monoisotopic (exact) mass is 384 g/mol. The molecule has 2 fully saturated rings. The summed E-state index contributed by atoms with van der Waals surface area (Å²) >= 11 is 0. The van der Waals surface area contributed by atoms with E-state index in [4.69, 9.17) is 14.1 Å². The molecule has 1 saturated heterocycles. The second kappa shape index (κ2) is 7.22. The van der Waals surface area contributed by atoms with Crippen molar-refractivity contribution in [3.05, 3.63) is 24.1 Å². The van der Waals surface area contributed by atoms with Crippen LogP contribution in [0.4, 0.5) is 5.69 Å². The van der Waals surface area contributed by atoms with Crippen molar-refractivity contribution >= 4 is 28.7 Å². The maximum absolute atomic E-state index is 12.3. The summed E-state index contributed by atoms with van der Waals surface area (Å²) in [6.07, 6.45) is 4.85. The van der Waals surface area contributed by atoms with Crippen molar-refractivity contribution in [2.24, 2.45) is 5.92 Å². The maximum Gasteiger partial charge on any atom is 0.309 e. The number of benzene rings is 1. The van der Waals surface area contributed by atoms with E-state index < -0.39 is 5.60 Å². The predicted octanol–water partition coefficient (Wildman–Crippen LogP) is 4.57. The highest BCUT2D eigenvalue weighted by Crippen LogP contribution is 2.38. The first-order chi connectivity index (χ1) is 13.3. The molecule has 6 nitrogen and oxygen atoms in total. The Balaban J connectivity index is 1.44. The van der Waals surface area contributed by atoms with Gasteiger partial charge in [0.2, 0.25) is 5.91 Å². The van der Waals surface area contributed by atoms with Crippen molar-refractivity contribution in [2.75, 3.05) is 11.4 Å². The molecule has 28 heavy (non-hydrogen) atoms. The van der Waals surface area contributed by atoms with E-state index in [-0.39, 0.29) is 23.7 Å². The lowest BCUT2D eigenvalue weighted by Crippen LogP contribution is -2.30. The second-order valence-electron chi connectivity index (χ2n) is 8.94. The Kier molecular flexibility index (Phi) is 4.89. The standard InChI is InChI=1S/C22H28N2O4/c1-22(2,3)28-21(26)15-8-6-14(7-9-15)20-23-17-13-16(10-11-18(17)27-20)24-12-4-5-19(24)25/h10-11,13-15H,4-9,12H2,1-3H3. The third-order valence-corrected chi connectivity index (χ3v) is 5.59.